The zero-order chi connectivity index (χ0) is 17.2. The third-order valence-corrected chi connectivity index (χ3v) is 3.45. The monoisotopic (exact) mass is 323 g/mol. The van der Waals surface area contributed by atoms with Crippen molar-refractivity contribution in [1.29, 1.82) is 0 Å². The Morgan fingerprint density at radius 2 is 2.04 bits per heavy atom. The Labute approximate surface area is 136 Å². The van der Waals surface area contributed by atoms with Crippen molar-refractivity contribution in [2.45, 2.75) is 39.2 Å². The van der Waals surface area contributed by atoms with Gasteiger partial charge in [-0.1, -0.05) is 6.92 Å². The summed E-state index contributed by atoms with van der Waals surface area (Å²) in [7, 11) is 1.51. The van der Waals surface area contributed by atoms with Gasteiger partial charge in [-0.15, -0.1) is 0 Å². The quantitative estimate of drug-likeness (QED) is 0.508. The Morgan fingerprint density at radius 1 is 1.30 bits per heavy atom. The van der Waals surface area contributed by atoms with Gasteiger partial charge in [-0.05, 0) is 38.0 Å². The summed E-state index contributed by atoms with van der Waals surface area (Å²) >= 11 is 0. The second-order valence-electron chi connectivity index (χ2n) is 5.23. The second kappa shape index (κ2) is 9.84. The number of hydrogen-bond donors (Lipinski definition) is 2. The maximum atomic E-state index is 11.7. The molecule has 1 rings (SSSR count). The van der Waals surface area contributed by atoms with Crippen LogP contribution in [0.15, 0.2) is 18.2 Å². The number of hydrogen-bond acceptors (Lipinski definition) is 5. The molecule has 1 aromatic rings. The Hall–Kier alpha value is -2.08. The predicted molar refractivity (Wildman–Crippen MR) is 87.0 cm³/mol. The largest absolute Gasteiger partial charge is 0.493 e. The van der Waals surface area contributed by atoms with Crippen molar-refractivity contribution in [2.75, 3.05) is 20.3 Å². The van der Waals surface area contributed by atoms with Crippen molar-refractivity contribution < 1.29 is 24.2 Å². The van der Waals surface area contributed by atoms with Crippen LogP contribution in [0, 0.1) is 0 Å². The van der Waals surface area contributed by atoms with E-state index in [1.165, 1.54) is 14.0 Å². The van der Waals surface area contributed by atoms with Crippen molar-refractivity contribution >= 4 is 11.7 Å². The molecule has 23 heavy (non-hydrogen) atoms. The van der Waals surface area contributed by atoms with E-state index in [-0.39, 0.29) is 24.3 Å². The van der Waals surface area contributed by atoms with Crippen molar-refractivity contribution in [3.8, 4) is 11.5 Å². The van der Waals surface area contributed by atoms with E-state index in [1.54, 1.807) is 18.2 Å². The first-order valence-corrected chi connectivity index (χ1v) is 7.73. The summed E-state index contributed by atoms with van der Waals surface area (Å²) in [6.45, 7) is 3.70. The topological polar surface area (TPSA) is 84.9 Å². The number of ketones is 1. The van der Waals surface area contributed by atoms with Crippen LogP contribution in [-0.2, 0) is 4.79 Å². The molecule has 0 fully saturated rings. The lowest BCUT2D eigenvalue weighted by Crippen LogP contribution is -2.36. The summed E-state index contributed by atoms with van der Waals surface area (Å²) in [5, 5.41) is 11.8. The predicted octanol–water partition coefficient (Wildman–Crippen LogP) is 1.94. The van der Waals surface area contributed by atoms with Crippen LogP contribution in [0.2, 0.25) is 0 Å². The molecule has 0 aliphatic rings. The molecule has 6 heteroatoms. The lowest BCUT2D eigenvalue weighted by Gasteiger charge is -2.14. The number of aliphatic hydroxyl groups is 1. The molecule has 0 saturated heterocycles. The fourth-order valence-corrected chi connectivity index (χ4v) is 2.00. The minimum atomic E-state index is -0.192. The molecule has 0 heterocycles. The molecule has 0 aromatic heterocycles. The van der Waals surface area contributed by atoms with E-state index in [0.29, 0.717) is 42.9 Å². The lowest BCUT2D eigenvalue weighted by atomic mass is 10.1. The molecule has 1 aromatic carbocycles. The van der Waals surface area contributed by atoms with E-state index in [0.717, 1.165) is 0 Å². The molecule has 6 nitrogen and oxygen atoms in total. The minimum Gasteiger partial charge on any atom is -0.493 e. The molecule has 0 aliphatic carbocycles. The van der Waals surface area contributed by atoms with Crippen LogP contribution in [0.25, 0.3) is 0 Å². The van der Waals surface area contributed by atoms with Gasteiger partial charge in [0.15, 0.2) is 17.3 Å². The molecule has 128 valence electrons. The normalized spacial score (nSPS) is 11.7. The van der Waals surface area contributed by atoms with Crippen LogP contribution in [-0.4, -0.2) is 43.2 Å². The summed E-state index contributed by atoms with van der Waals surface area (Å²) in [4.78, 5) is 23.0. The first-order valence-electron chi connectivity index (χ1n) is 7.73. The van der Waals surface area contributed by atoms with Gasteiger partial charge in [0.25, 0.3) is 0 Å². The van der Waals surface area contributed by atoms with Crippen molar-refractivity contribution in [2.24, 2.45) is 0 Å². The number of ether oxygens (including phenoxy) is 2. The molecule has 0 unspecified atom stereocenters. The highest BCUT2D eigenvalue weighted by Gasteiger charge is 2.10. The molecule has 0 aliphatic heterocycles. The Morgan fingerprint density at radius 3 is 2.61 bits per heavy atom. The maximum absolute atomic E-state index is 11.7. The SMILES string of the molecule is CC[C@H](CO)NC(=O)CCCOc1ccc(C(C)=O)cc1OC. The van der Waals surface area contributed by atoms with Crippen LogP contribution in [0.1, 0.15) is 43.5 Å². The number of nitrogens with one attached hydrogen (secondary N) is 1. The number of benzene rings is 1. The van der Waals surface area contributed by atoms with Gasteiger partial charge in [-0.2, -0.15) is 0 Å². The van der Waals surface area contributed by atoms with Crippen LogP contribution < -0.4 is 14.8 Å². The number of aliphatic hydroxyl groups excluding tert-OH is 1. The molecule has 0 bridgehead atoms. The minimum absolute atomic E-state index is 0.0408. The highest BCUT2D eigenvalue weighted by Crippen LogP contribution is 2.28. The number of rotatable bonds is 10. The Balaban J connectivity index is 2.44. The van der Waals surface area contributed by atoms with Gasteiger partial charge in [0.1, 0.15) is 0 Å². The van der Waals surface area contributed by atoms with Crippen molar-refractivity contribution in [3.05, 3.63) is 23.8 Å². The maximum Gasteiger partial charge on any atom is 0.220 e. The van der Waals surface area contributed by atoms with Gasteiger partial charge in [0.2, 0.25) is 5.91 Å². The van der Waals surface area contributed by atoms with Crippen molar-refractivity contribution in [3.63, 3.8) is 0 Å². The van der Waals surface area contributed by atoms with Gasteiger partial charge in [-0.25, -0.2) is 0 Å². The summed E-state index contributed by atoms with van der Waals surface area (Å²) < 4.78 is 10.8. The van der Waals surface area contributed by atoms with Crippen LogP contribution in [0.5, 0.6) is 11.5 Å². The summed E-state index contributed by atoms with van der Waals surface area (Å²) in [5.74, 6) is 0.891. The molecule has 0 radical (unpaired) electrons. The van der Waals surface area contributed by atoms with E-state index >= 15 is 0 Å². The smallest absolute Gasteiger partial charge is 0.220 e. The average Bonchev–Trinajstić information content (AvgIpc) is 2.56. The highest BCUT2D eigenvalue weighted by molar-refractivity contribution is 5.94. The summed E-state index contributed by atoms with van der Waals surface area (Å²) in [6, 6.07) is 4.81. The van der Waals surface area contributed by atoms with Gasteiger partial charge < -0.3 is 19.9 Å². The zero-order valence-electron chi connectivity index (χ0n) is 13.9. The van der Waals surface area contributed by atoms with Gasteiger partial charge in [0.05, 0.1) is 26.4 Å². The fourth-order valence-electron chi connectivity index (χ4n) is 2.00. The number of amides is 1. The number of carbonyl (C=O) groups excluding carboxylic acids is 2. The summed E-state index contributed by atoms with van der Waals surface area (Å²) in [5.41, 5.74) is 0.559. The fraction of sp³-hybridized carbons (Fsp3) is 0.529. The van der Waals surface area contributed by atoms with Gasteiger partial charge in [0, 0.05) is 12.0 Å². The molecule has 0 saturated carbocycles. The molecule has 1 amide bonds. The van der Waals surface area contributed by atoms with E-state index in [4.69, 9.17) is 14.6 Å². The molecule has 1 atom stereocenters. The lowest BCUT2D eigenvalue weighted by molar-refractivity contribution is -0.122. The number of carbonyl (C=O) groups is 2. The summed E-state index contributed by atoms with van der Waals surface area (Å²) in [6.07, 6.45) is 1.56. The van der Waals surface area contributed by atoms with E-state index in [9.17, 15) is 9.59 Å². The first kappa shape index (κ1) is 19.0. The van der Waals surface area contributed by atoms with Crippen LogP contribution in [0.3, 0.4) is 0 Å². The van der Waals surface area contributed by atoms with Crippen LogP contribution >= 0.6 is 0 Å². The first-order chi connectivity index (χ1) is 11.0. The number of Topliss-reactive ketones (excluding diaryl/α,β-unsaturated/α-hetero) is 1. The van der Waals surface area contributed by atoms with E-state index in [1.807, 2.05) is 6.92 Å². The molecular weight excluding hydrogens is 298 g/mol. The highest BCUT2D eigenvalue weighted by atomic mass is 16.5. The molecule has 2 N–H and O–H groups in total. The van der Waals surface area contributed by atoms with E-state index < -0.39 is 0 Å². The van der Waals surface area contributed by atoms with E-state index in [2.05, 4.69) is 5.32 Å². The third-order valence-electron chi connectivity index (χ3n) is 3.45. The van der Waals surface area contributed by atoms with Crippen LogP contribution in [0.4, 0.5) is 0 Å². The zero-order valence-corrected chi connectivity index (χ0v) is 13.9. The number of methoxy groups -OCH3 is 1. The average molecular weight is 323 g/mol. The van der Waals surface area contributed by atoms with Gasteiger partial charge in [-0.3, -0.25) is 9.59 Å². The molecular formula is C17H25NO5. The van der Waals surface area contributed by atoms with Crippen molar-refractivity contribution in [1.82, 2.24) is 5.32 Å². The molecule has 0 spiro atoms. The third kappa shape index (κ3) is 6.28. The second-order valence-corrected chi connectivity index (χ2v) is 5.23. The Bertz CT molecular complexity index is 526. The van der Waals surface area contributed by atoms with Gasteiger partial charge >= 0.3 is 0 Å². The Kier molecular flexibility index (Phi) is 8.11. The standard InChI is InChI=1S/C17H25NO5/c1-4-14(11-19)18-17(21)6-5-9-23-15-8-7-13(12(2)20)10-16(15)22-3/h7-8,10,14,19H,4-6,9,11H2,1-3H3,(H,18,21)/t14-/m1/s1.